The number of ether oxygens (including phenoxy) is 1. The van der Waals surface area contributed by atoms with Crippen LogP contribution in [0, 0.1) is 0 Å². The Balaban J connectivity index is 0. The van der Waals surface area contributed by atoms with Crippen LogP contribution in [0.15, 0.2) is 23.5 Å². The van der Waals surface area contributed by atoms with Gasteiger partial charge in [0.2, 0.25) is 0 Å². The zero-order valence-electron chi connectivity index (χ0n) is 15.8. The number of carbonyl (C=O) groups is 1. The van der Waals surface area contributed by atoms with Crippen LogP contribution in [-0.4, -0.2) is 12.4 Å². The molecule has 0 N–H and O–H groups in total. The number of hydrogen-bond acceptors (Lipinski definition) is 2. The minimum atomic E-state index is 0.182. The van der Waals surface area contributed by atoms with E-state index in [0.717, 1.165) is 37.2 Å². The monoisotopic (exact) mass is 310 g/mol. The van der Waals surface area contributed by atoms with Crippen LogP contribution in [0.2, 0.25) is 0 Å². The van der Waals surface area contributed by atoms with E-state index in [0.29, 0.717) is 0 Å². The second-order valence-corrected chi connectivity index (χ2v) is 5.00. The predicted octanol–water partition coefficient (Wildman–Crippen LogP) is 6.61. The number of ketones is 1. The minimum absolute atomic E-state index is 0.182. The van der Waals surface area contributed by atoms with Crippen molar-refractivity contribution < 1.29 is 9.53 Å². The van der Waals surface area contributed by atoms with Crippen molar-refractivity contribution >= 4 is 5.78 Å². The zero-order valence-corrected chi connectivity index (χ0v) is 15.8. The number of carbonyl (C=O) groups excluding carboxylic acids is 1. The molecule has 0 heterocycles. The molecule has 22 heavy (non-hydrogen) atoms. The molecule has 0 aromatic heterocycles. The Morgan fingerprint density at radius 1 is 0.955 bits per heavy atom. The first-order valence-corrected chi connectivity index (χ1v) is 9.27. The predicted molar refractivity (Wildman–Crippen MR) is 98.1 cm³/mol. The van der Waals surface area contributed by atoms with Crippen LogP contribution >= 0.6 is 0 Å². The smallest absolute Gasteiger partial charge is 0.155 e. The number of unbranched alkanes of at least 4 members (excludes halogenated alkanes) is 5. The summed E-state index contributed by atoms with van der Waals surface area (Å²) in [4.78, 5) is 11.2. The molecule has 1 aliphatic carbocycles. The summed E-state index contributed by atoms with van der Waals surface area (Å²) < 4.78 is 5.72. The molecule has 1 aliphatic rings. The van der Waals surface area contributed by atoms with E-state index < -0.39 is 0 Å². The summed E-state index contributed by atoms with van der Waals surface area (Å²) in [5.41, 5.74) is 0.918. The number of Topliss-reactive ketones (excluding diaryl/α,β-unsaturated/α-hetero) is 1. The van der Waals surface area contributed by atoms with Crippen LogP contribution < -0.4 is 0 Å². The van der Waals surface area contributed by atoms with Gasteiger partial charge in [-0.3, -0.25) is 4.79 Å². The number of hydrogen-bond donors (Lipinski definition) is 0. The molecule has 0 fully saturated rings. The summed E-state index contributed by atoms with van der Waals surface area (Å²) in [5, 5.41) is 0. The Kier molecular flexibility index (Phi) is 19.0. The summed E-state index contributed by atoms with van der Waals surface area (Å²) in [5.74, 6) is 1.22. The van der Waals surface area contributed by atoms with E-state index in [2.05, 4.69) is 6.92 Å². The Morgan fingerprint density at radius 2 is 1.55 bits per heavy atom. The van der Waals surface area contributed by atoms with Gasteiger partial charge in [-0.25, -0.2) is 0 Å². The van der Waals surface area contributed by atoms with Crippen molar-refractivity contribution in [2.24, 2.45) is 0 Å². The molecular formula is C20H38O2. The van der Waals surface area contributed by atoms with Crippen molar-refractivity contribution in [3.8, 4) is 0 Å². The molecule has 0 aliphatic heterocycles. The Hall–Kier alpha value is -1.05. The molecule has 0 aromatic carbocycles. The average Bonchev–Trinajstić information content (AvgIpc) is 2.58. The molecule has 1 rings (SSSR count). The standard InChI is InChI=1S/C16H26O2.2C2H6/c1-3-4-5-6-7-8-13-18-16-11-9-15(10-12-16)14(2)17;2*1-2/h9,11H,3-8,10,12-13H2,1-2H3;2*1-2H3. The van der Waals surface area contributed by atoms with Gasteiger partial charge in [-0.15, -0.1) is 0 Å². The van der Waals surface area contributed by atoms with Crippen molar-refractivity contribution in [1.29, 1.82) is 0 Å². The normalized spacial score (nSPS) is 12.8. The highest BCUT2D eigenvalue weighted by molar-refractivity contribution is 5.93. The summed E-state index contributed by atoms with van der Waals surface area (Å²) in [7, 11) is 0. The lowest BCUT2D eigenvalue weighted by molar-refractivity contribution is -0.113. The van der Waals surface area contributed by atoms with Crippen molar-refractivity contribution in [2.75, 3.05) is 6.61 Å². The van der Waals surface area contributed by atoms with Gasteiger partial charge in [0.15, 0.2) is 5.78 Å². The molecule has 0 spiro atoms. The highest BCUT2D eigenvalue weighted by Gasteiger charge is 2.10. The summed E-state index contributed by atoms with van der Waals surface area (Å²) in [6.45, 7) is 12.7. The van der Waals surface area contributed by atoms with Gasteiger partial charge in [0, 0.05) is 6.42 Å². The molecule has 0 atom stereocenters. The largest absolute Gasteiger partial charge is 0.498 e. The van der Waals surface area contributed by atoms with E-state index in [1.807, 2.05) is 39.8 Å². The maximum absolute atomic E-state index is 11.2. The minimum Gasteiger partial charge on any atom is -0.498 e. The van der Waals surface area contributed by atoms with Gasteiger partial charge in [0.25, 0.3) is 0 Å². The lowest BCUT2D eigenvalue weighted by atomic mass is 10.0. The second-order valence-electron chi connectivity index (χ2n) is 5.00. The van der Waals surface area contributed by atoms with Crippen LogP contribution in [0.1, 0.15) is 92.9 Å². The van der Waals surface area contributed by atoms with E-state index >= 15 is 0 Å². The van der Waals surface area contributed by atoms with Crippen molar-refractivity contribution in [3.05, 3.63) is 23.5 Å². The molecule has 2 heteroatoms. The van der Waals surface area contributed by atoms with Gasteiger partial charge in [-0.1, -0.05) is 72.8 Å². The van der Waals surface area contributed by atoms with Gasteiger partial charge >= 0.3 is 0 Å². The molecule has 0 bridgehead atoms. The first-order chi connectivity index (χ1) is 10.7. The molecule has 0 amide bonds. The highest BCUT2D eigenvalue weighted by Crippen LogP contribution is 2.20. The van der Waals surface area contributed by atoms with E-state index in [-0.39, 0.29) is 5.78 Å². The van der Waals surface area contributed by atoms with E-state index in [4.69, 9.17) is 4.74 Å². The lowest BCUT2D eigenvalue weighted by Crippen LogP contribution is -2.04. The van der Waals surface area contributed by atoms with Gasteiger partial charge in [-0.2, -0.15) is 0 Å². The quantitative estimate of drug-likeness (QED) is 0.448. The zero-order chi connectivity index (χ0) is 17.2. The SMILES string of the molecule is CC.CC.CCCCCCCCOC1=CC=C(C(C)=O)CC1. The maximum atomic E-state index is 11.2. The maximum Gasteiger partial charge on any atom is 0.155 e. The molecule has 0 aromatic rings. The highest BCUT2D eigenvalue weighted by atomic mass is 16.5. The fourth-order valence-corrected chi connectivity index (χ4v) is 2.12. The molecule has 0 saturated heterocycles. The van der Waals surface area contributed by atoms with Gasteiger partial charge in [0.05, 0.1) is 12.4 Å². The Morgan fingerprint density at radius 3 is 2.05 bits per heavy atom. The van der Waals surface area contributed by atoms with Crippen LogP contribution in [-0.2, 0) is 9.53 Å². The summed E-state index contributed by atoms with van der Waals surface area (Å²) >= 11 is 0. The van der Waals surface area contributed by atoms with E-state index in [9.17, 15) is 4.79 Å². The van der Waals surface area contributed by atoms with Gasteiger partial charge < -0.3 is 4.74 Å². The molecule has 130 valence electrons. The number of allylic oxidation sites excluding steroid dienone is 4. The molecule has 0 radical (unpaired) electrons. The molecule has 2 nitrogen and oxygen atoms in total. The summed E-state index contributed by atoms with van der Waals surface area (Å²) in [6, 6.07) is 0. The third-order valence-electron chi connectivity index (χ3n) is 3.35. The first kappa shape index (κ1) is 23.2. The lowest BCUT2D eigenvalue weighted by Gasteiger charge is -2.14. The van der Waals surface area contributed by atoms with E-state index in [1.54, 1.807) is 6.92 Å². The first-order valence-electron chi connectivity index (χ1n) is 9.27. The van der Waals surface area contributed by atoms with Crippen molar-refractivity contribution in [3.63, 3.8) is 0 Å². The third kappa shape index (κ3) is 12.7. The fourth-order valence-electron chi connectivity index (χ4n) is 2.12. The van der Waals surface area contributed by atoms with E-state index in [1.165, 1.54) is 32.1 Å². The van der Waals surface area contributed by atoms with Gasteiger partial charge in [0.1, 0.15) is 0 Å². The average molecular weight is 311 g/mol. The topological polar surface area (TPSA) is 26.3 Å². The molecule has 0 unspecified atom stereocenters. The number of rotatable bonds is 9. The van der Waals surface area contributed by atoms with Gasteiger partial charge in [-0.05, 0) is 31.4 Å². The van der Waals surface area contributed by atoms with Crippen molar-refractivity contribution in [1.82, 2.24) is 0 Å². The van der Waals surface area contributed by atoms with Crippen LogP contribution in [0.4, 0.5) is 0 Å². The van der Waals surface area contributed by atoms with Crippen LogP contribution in [0.3, 0.4) is 0 Å². The molecule has 0 saturated carbocycles. The Labute approximate surface area is 139 Å². The van der Waals surface area contributed by atoms with Crippen LogP contribution in [0.5, 0.6) is 0 Å². The van der Waals surface area contributed by atoms with Crippen LogP contribution in [0.25, 0.3) is 0 Å². The van der Waals surface area contributed by atoms with Crippen molar-refractivity contribution in [2.45, 2.75) is 92.9 Å². The third-order valence-corrected chi connectivity index (χ3v) is 3.35. The Bertz CT molecular complexity index is 314. The summed E-state index contributed by atoms with van der Waals surface area (Å²) in [6.07, 6.45) is 13.3. The molecular weight excluding hydrogens is 272 g/mol. The second kappa shape index (κ2) is 18.0. The fraction of sp³-hybridized carbons (Fsp3) is 0.750.